The Hall–Kier alpha value is -1.27. The molecule has 1 aliphatic rings. The molecule has 1 aliphatic carbocycles. The van der Waals surface area contributed by atoms with Crippen LogP contribution in [0.25, 0.3) is 11.1 Å². The summed E-state index contributed by atoms with van der Waals surface area (Å²) in [4.78, 5) is 0. The summed E-state index contributed by atoms with van der Waals surface area (Å²) < 4.78 is 0. The largest absolute Gasteiger partial charge is 0.130 e. The first kappa shape index (κ1) is 10.3. The molecule has 3 rings (SSSR count). The summed E-state index contributed by atoms with van der Waals surface area (Å²) in [5.41, 5.74) is 5.75. The van der Waals surface area contributed by atoms with Crippen molar-refractivity contribution in [3.8, 4) is 11.1 Å². The summed E-state index contributed by atoms with van der Waals surface area (Å²) in [6.07, 6.45) is 2.58. The first-order valence-electron chi connectivity index (χ1n) is 4.99. The van der Waals surface area contributed by atoms with Crippen LogP contribution in [0.4, 0.5) is 0 Å². The third-order valence-corrected chi connectivity index (χ3v) is 2.71. The van der Waals surface area contributed by atoms with Crippen LogP contribution in [0.1, 0.15) is 11.1 Å². The van der Waals surface area contributed by atoms with Crippen molar-refractivity contribution < 1.29 is 0 Å². The van der Waals surface area contributed by atoms with Crippen LogP contribution in [0.5, 0.6) is 0 Å². The first-order valence-corrected chi connectivity index (χ1v) is 5.75. The van der Waals surface area contributed by atoms with Gasteiger partial charge in [0.15, 0.2) is 0 Å². The molecule has 76 valence electrons. The highest BCUT2D eigenvalue weighted by Gasteiger charge is 2.15. The molecule has 0 atom stereocenters. The van der Waals surface area contributed by atoms with Crippen molar-refractivity contribution in [3.63, 3.8) is 0 Å². The van der Waals surface area contributed by atoms with E-state index in [0.717, 1.165) is 6.42 Å². The molecule has 0 nitrogen and oxygen atoms in total. The lowest BCUT2D eigenvalue weighted by Crippen LogP contribution is -1.77. The predicted octanol–water partition coefficient (Wildman–Crippen LogP) is 4.11. The van der Waals surface area contributed by atoms with Gasteiger partial charge in [0.1, 0.15) is 0 Å². The zero-order chi connectivity index (χ0) is 10.7. The van der Waals surface area contributed by atoms with E-state index in [1.165, 1.54) is 28.6 Å². The van der Waals surface area contributed by atoms with Gasteiger partial charge in [0.2, 0.25) is 0 Å². The van der Waals surface area contributed by atoms with Gasteiger partial charge >= 0.3 is 0 Å². The van der Waals surface area contributed by atoms with Gasteiger partial charge in [-0.05, 0) is 28.7 Å². The highest BCUT2D eigenvalue weighted by molar-refractivity contribution is 6.15. The van der Waals surface area contributed by atoms with Gasteiger partial charge in [-0.3, -0.25) is 0 Å². The van der Waals surface area contributed by atoms with Crippen molar-refractivity contribution >= 4 is 11.6 Å². The fourth-order valence-electron chi connectivity index (χ4n) is 2.08. The summed E-state index contributed by atoms with van der Waals surface area (Å²) in [5, 5.41) is 0. The molecule has 0 bridgehead atoms. The van der Waals surface area contributed by atoms with Gasteiger partial charge in [-0.25, -0.2) is 0 Å². The third-order valence-electron chi connectivity index (χ3n) is 2.71. The molecule has 0 saturated carbocycles. The summed E-state index contributed by atoms with van der Waals surface area (Å²) in [6, 6.07) is 17.3. The van der Waals surface area contributed by atoms with Crippen molar-refractivity contribution in [1.29, 1.82) is 0 Å². The van der Waals surface area contributed by atoms with Gasteiger partial charge < -0.3 is 0 Å². The average molecular weight is 217 g/mol. The normalized spacial score (nSPS) is 11.1. The van der Waals surface area contributed by atoms with Gasteiger partial charge in [0, 0.05) is 6.38 Å². The molecule has 0 N–H and O–H groups in total. The lowest BCUT2D eigenvalue weighted by molar-refractivity contribution is 1.26. The topological polar surface area (TPSA) is 0 Å². The predicted molar refractivity (Wildman–Crippen MR) is 66.5 cm³/mol. The van der Waals surface area contributed by atoms with E-state index in [-0.39, 0.29) is 0 Å². The van der Waals surface area contributed by atoms with E-state index in [1.54, 1.807) is 0 Å². The van der Waals surface area contributed by atoms with Crippen molar-refractivity contribution in [2.45, 2.75) is 6.42 Å². The van der Waals surface area contributed by atoms with Gasteiger partial charge in [-0.2, -0.15) is 0 Å². The molecule has 0 amide bonds. The number of hydrogen-bond acceptors (Lipinski definition) is 0. The Morgan fingerprint density at radius 1 is 0.733 bits per heavy atom. The first-order chi connectivity index (χ1) is 7.45. The van der Waals surface area contributed by atoms with Gasteiger partial charge in [-0.15, -0.1) is 11.6 Å². The number of halogens is 1. The van der Waals surface area contributed by atoms with E-state index in [0.29, 0.717) is 0 Å². The molecule has 0 fully saturated rings. The van der Waals surface area contributed by atoms with E-state index >= 15 is 0 Å². The quantitative estimate of drug-likeness (QED) is 0.496. The van der Waals surface area contributed by atoms with E-state index in [9.17, 15) is 0 Å². The third kappa shape index (κ3) is 1.78. The van der Waals surface area contributed by atoms with Crippen LogP contribution >= 0.6 is 11.6 Å². The fraction of sp³-hybridized carbons (Fsp3) is 0.143. The number of hydrogen-bond donors (Lipinski definition) is 0. The molecule has 0 heterocycles. The van der Waals surface area contributed by atoms with Crippen LogP contribution in [-0.2, 0) is 6.42 Å². The maximum Gasteiger partial charge on any atom is 0.0108 e. The van der Waals surface area contributed by atoms with Crippen molar-refractivity contribution in [3.05, 3.63) is 59.7 Å². The summed E-state index contributed by atoms with van der Waals surface area (Å²) in [5.74, 6) is 0. The molecule has 0 saturated heterocycles. The van der Waals surface area contributed by atoms with Crippen LogP contribution in [0.3, 0.4) is 0 Å². The van der Waals surface area contributed by atoms with Crippen LogP contribution in [0, 0.1) is 0 Å². The second-order valence-electron chi connectivity index (χ2n) is 3.49. The molecule has 15 heavy (non-hydrogen) atoms. The fourth-order valence-corrected chi connectivity index (χ4v) is 2.08. The Labute approximate surface area is 95.5 Å². The van der Waals surface area contributed by atoms with Gasteiger partial charge in [0.05, 0.1) is 0 Å². The Kier molecular flexibility index (Phi) is 3.08. The maximum absolute atomic E-state index is 4.64. The second kappa shape index (κ2) is 4.50. The van der Waals surface area contributed by atoms with E-state index in [1.807, 2.05) is 0 Å². The zero-order valence-corrected chi connectivity index (χ0v) is 9.46. The highest BCUT2D eigenvalue weighted by atomic mass is 35.5. The maximum atomic E-state index is 4.64. The molecule has 0 unspecified atom stereocenters. The molecule has 0 aliphatic heterocycles. The van der Waals surface area contributed by atoms with Crippen LogP contribution in [0.2, 0.25) is 0 Å². The van der Waals surface area contributed by atoms with Gasteiger partial charge in [0.25, 0.3) is 0 Å². The molecule has 2 aromatic rings. The zero-order valence-electron chi connectivity index (χ0n) is 8.70. The molecule has 0 spiro atoms. The Morgan fingerprint density at radius 2 is 1.13 bits per heavy atom. The second-order valence-corrected chi connectivity index (χ2v) is 3.49. The van der Waals surface area contributed by atoms with Crippen molar-refractivity contribution in [1.82, 2.24) is 0 Å². The van der Waals surface area contributed by atoms with E-state index in [2.05, 4.69) is 60.1 Å². The lowest BCUT2D eigenvalue weighted by Gasteiger charge is -1.98. The molecular weight excluding hydrogens is 204 g/mol. The van der Waals surface area contributed by atoms with Crippen molar-refractivity contribution in [2.24, 2.45) is 0 Å². The monoisotopic (exact) mass is 216 g/mol. The van der Waals surface area contributed by atoms with Crippen molar-refractivity contribution in [2.75, 3.05) is 6.38 Å². The molecule has 1 heteroatoms. The number of alkyl halides is 1. The molecule has 0 radical (unpaired) electrons. The standard InChI is InChI=1S/C13H10.CH3Cl/c1-3-7-12-10(5-1)9-11-6-2-4-8-13(11)12;1-2/h1-8H,9H2;1H3. The van der Waals surface area contributed by atoms with E-state index in [4.69, 9.17) is 0 Å². The van der Waals surface area contributed by atoms with Gasteiger partial charge in [-0.1, -0.05) is 48.5 Å². The summed E-state index contributed by atoms with van der Waals surface area (Å²) in [7, 11) is 0. The minimum absolute atomic E-state index is 1.10. The SMILES string of the molecule is CCl.c1ccc2c(c1)Cc1ccccc1-2. The number of rotatable bonds is 0. The highest BCUT2D eigenvalue weighted by Crippen LogP contribution is 2.35. The molecular formula is C14H13Cl. The number of benzene rings is 2. The van der Waals surface area contributed by atoms with Crippen LogP contribution < -0.4 is 0 Å². The van der Waals surface area contributed by atoms with E-state index < -0.39 is 0 Å². The molecule has 2 aromatic carbocycles. The smallest absolute Gasteiger partial charge is 0.0108 e. The minimum Gasteiger partial charge on any atom is -0.130 e. The lowest BCUT2D eigenvalue weighted by atomic mass is 10.1. The van der Waals surface area contributed by atoms with Crippen LogP contribution in [0.15, 0.2) is 48.5 Å². The molecule has 0 aromatic heterocycles. The van der Waals surface area contributed by atoms with Crippen LogP contribution in [-0.4, -0.2) is 6.38 Å². The summed E-state index contributed by atoms with van der Waals surface area (Å²) in [6.45, 7) is 0. The number of fused-ring (bicyclic) bond motifs is 3. The Balaban J connectivity index is 0.000000404. The summed E-state index contributed by atoms with van der Waals surface area (Å²) >= 11 is 4.64. The Morgan fingerprint density at radius 3 is 1.60 bits per heavy atom. The Bertz CT molecular complexity index is 417. The average Bonchev–Trinajstić information content (AvgIpc) is 2.70. The minimum atomic E-state index is 1.10.